The average molecular weight is 346 g/mol. The van der Waals surface area contributed by atoms with Gasteiger partial charge in [0.2, 0.25) is 0 Å². The Kier molecular flexibility index (Phi) is 5.80. The van der Waals surface area contributed by atoms with Crippen LogP contribution in [0.25, 0.3) is 6.08 Å². The largest absolute Gasteiger partial charge is 0.452 e. The molecule has 8 heteroatoms. The first-order chi connectivity index (χ1) is 11.5. The number of nitrogens with zero attached hydrogens (tertiary/aromatic N) is 1. The molecule has 0 bridgehead atoms. The van der Waals surface area contributed by atoms with Crippen LogP contribution in [0.15, 0.2) is 41.8 Å². The van der Waals surface area contributed by atoms with E-state index in [2.05, 4.69) is 5.32 Å². The Morgan fingerprint density at radius 2 is 2.12 bits per heavy atom. The minimum Gasteiger partial charge on any atom is -0.452 e. The Balaban J connectivity index is 1.92. The highest BCUT2D eigenvalue weighted by molar-refractivity contribution is 7.10. The van der Waals surface area contributed by atoms with Gasteiger partial charge in [-0.2, -0.15) is 0 Å². The van der Waals surface area contributed by atoms with Crippen LogP contribution in [-0.2, 0) is 14.3 Å². The van der Waals surface area contributed by atoms with E-state index in [0.717, 1.165) is 4.88 Å². The maximum absolute atomic E-state index is 11.8. The summed E-state index contributed by atoms with van der Waals surface area (Å²) in [5.41, 5.74) is 0.423. The molecule has 1 N–H and O–H groups in total. The molecule has 1 aromatic heterocycles. The Bertz CT molecular complexity index is 784. The highest BCUT2D eigenvalue weighted by atomic mass is 32.1. The van der Waals surface area contributed by atoms with E-state index in [1.54, 1.807) is 19.1 Å². The maximum Gasteiger partial charge on any atom is 0.331 e. The van der Waals surface area contributed by atoms with Crippen molar-refractivity contribution in [2.75, 3.05) is 11.9 Å². The van der Waals surface area contributed by atoms with Gasteiger partial charge in [-0.25, -0.2) is 4.79 Å². The van der Waals surface area contributed by atoms with Crippen molar-refractivity contribution in [3.05, 3.63) is 62.3 Å². The molecule has 0 aliphatic carbocycles. The monoisotopic (exact) mass is 346 g/mol. The zero-order valence-electron chi connectivity index (χ0n) is 12.7. The van der Waals surface area contributed by atoms with Crippen LogP contribution >= 0.6 is 11.3 Å². The molecular formula is C16H14N2O5S. The summed E-state index contributed by atoms with van der Waals surface area (Å²) in [5, 5.41) is 15.3. The predicted octanol–water partition coefficient (Wildman–Crippen LogP) is 3.16. The number of rotatable bonds is 6. The number of carbonyl (C=O) groups excluding carboxylic acids is 2. The number of para-hydroxylation sites is 1. The highest BCUT2D eigenvalue weighted by Gasteiger charge is 2.18. The average Bonchev–Trinajstić information content (AvgIpc) is 3.06. The number of hydrogen-bond acceptors (Lipinski definition) is 6. The number of carbonyl (C=O) groups is 2. The van der Waals surface area contributed by atoms with E-state index < -0.39 is 23.4 Å². The zero-order valence-corrected chi connectivity index (χ0v) is 13.5. The molecule has 0 unspecified atom stereocenters. The second-order valence-corrected chi connectivity index (χ2v) is 5.71. The maximum atomic E-state index is 11.8. The van der Waals surface area contributed by atoms with Gasteiger partial charge in [0.05, 0.1) is 4.92 Å². The summed E-state index contributed by atoms with van der Waals surface area (Å²) >= 11 is 1.46. The van der Waals surface area contributed by atoms with Gasteiger partial charge in [-0.15, -0.1) is 11.3 Å². The fourth-order valence-electron chi connectivity index (χ4n) is 1.86. The molecule has 0 radical (unpaired) electrons. The van der Waals surface area contributed by atoms with Crippen LogP contribution in [-0.4, -0.2) is 23.4 Å². The van der Waals surface area contributed by atoms with Crippen LogP contribution in [0.1, 0.15) is 10.4 Å². The van der Waals surface area contributed by atoms with Gasteiger partial charge in [-0.05, 0) is 30.0 Å². The summed E-state index contributed by atoms with van der Waals surface area (Å²) in [7, 11) is 0. The first-order valence-corrected chi connectivity index (χ1v) is 7.77. The smallest absolute Gasteiger partial charge is 0.331 e. The lowest BCUT2D eigenvalue weighted by atomic mass is 10.1. The predicted molar refractivity (Wildman–Crippen MR) is 90.8 cm³/mol. The Labute approximate surface area is 141 Å². The molecule has 1 amide bonds. The molecular weight excluding hydrogens is 332 g/mol. The van der Waals surface area contributed by atoms with Crippen molar-refractivity contribution in [2.24, 2.45) is 0 Å². The second-order valence-electron chi connectivity index (χ2n) is 4.73. The van der Waals surface area contributed by atoms with E-state index in [-0.39, 0.29) is 11.4 Å². The summed E-state index contributed by atoms with van der Waals surface area (Å²) in [6, 6.07) is 8.13. The molecule has 0 fully saturated rings. The Morgan fingerprint density at radius 1 is 1.33 bits per heavy atom. The van der Waals surface area contributed by atoms with Crippen molar-refractivity contribution in [2.45, 2.75) is 6.92 Å². The molecule has 1 heterocycles. The third-order valence-electron chi connectivity index (χ3n) is 2.98. The number of esters is 1. The molecule has 7 nitrogen and oxygen atoms in total. The molecule has 0 spiro atoms. The van der Waals surface area contributed by atoms with Crippen molar-refractivity contribution >= 4 is 40.7 Å². The summed E-state index contributed by atoms with van der Waals surface area (Å²) in [6.07, 6.45) is 2.80. The van der Waals surface area contributed by atoms with Crippen LogP contribution in [0.3, 0.4) is 0 Å². The molecule has 24 heavy (non-hydrogen) atoms. The Hall–Kier alpha value is -3.00. The second kappa shape index (κ2) is 8.02. The summed E-state index contributed by atoms with van der Waals surface area (Å²) in [5.74, 6) is -1.32. The molecule has 124 valence electrons. The fraction of sp³-hybridized carbons (Fsp3) is 0.125. The summed E-state index contributed by atoms with van der Waals surface area (Å²) < 4.78 is 4.81. The highest BCUT2D eigenvalue weighted by Crippen LogP contribution is 2.27. The van der Waals surface area contributed by atoms with Crippen molar-refractivity contribution < 1.29 is 19.2 Å². The molecule has 0 aliphatic rings. The third-order valence-corrected chi connectivity index (χ3v) is 3.82. The molecule has 2 rings (SSSR count). The van der Waals surface area contributed by atoms with Gasteiger partial charge in [0.25, 0.3) is 11.6 Å². The minimum absolute atomic E-state index is 0.0951. The number of nitro groups is 1. The summed E-state index contributed by atoms with van der Waals surface area (Å²) in [4.78, 5) is 34.7. The van der Waals surface area contributed by atoms with E-state index in [1.165, 1.54) is 29.5 Å². The molecule has 0 atom stereocenters. The van der Waals surface area contributed by atoms with Gasteiger partial charge in [0.15, 0.2) is 6.61 Å². The van der Waals surface area contributed by atoms with E-state index in [0.29, 0.717) is 5.56 Å². The van der Waals surface area contributed by atoms with Gasteiger partial charge >= 0.3 is 5.97 Å². The van der Waals surface area contributed by atoms with E-state index >= 15 is 0 Å². The standard InChI is InChI=1S/C16H14N2O5S/c1-11-4-2-6-13(18(21)22)16(11)17-14(19)10-23-15(20)8-7-12-5-3-9-24-12/h2-9H,10H2,1H3,(H,17,19)/b8-7+. The third kappa shape index (κ3) is 4.75. The number of amides is 1. The molecule has 2 aromatic rings. The van der Waals surface area contributed by atoms with E-state index in [9.17, 15) is 19.7 Å². The molecule has 1 aromatic carbocycles. The van der Waals surface area contributed by atoms with Gasteiger partial charge in [0, 0.05) is 17.0 Å². The topological polar surface area (TPSA) is 98.5 Å². The van der Waals surface area contributed by atoms with Gasteiger partial charge < -0.3 is 10.1 Å². The minimum atomic E-state index is -0.669. The van der Waals surface area contributed by atoms with Crippen LogP contribution in [0.2, 0.25) is 0 Å². The Morgan fingerprint density at radius 3 is 2.79 bits per heavy atom. The number of ether oxygens (including phenoxy) is 1. The van der Waals surface area contributed by atoms with Crippen molar-refractivity contribution in [3.63, 3.8) is 0 Å². The number of anilines is 1. The number of aryl methyl sites for hydroxylation is 1. The molecule has 0 saturated carbocycles. The van der Waals surface area contributed by atoms with E-state index in [4.69, 9.17) is 4.74 Å². The lowest BCUT2D eigenvalue weighted by molar-refractivity contribution is -0.384. The van der Waals surface area contributed by atoms with E-state index in [1.807, 2.05) is 17.5 Å². The lowest BCUT2D eigenvalue weighted by Crippen LogP contribution is -2.21. The molecule has 0 aliphatic heterocycles. The van der Waals surface area contributed by atoms with Gasteiger partial charge in [-0.1, -0.05) is 18.2 Å². The SMILES string of the molecule is Cc1cccc([N+](=O)[O-])c1NC(=O)COC(=O)/C=C/c1cccs1. The first-order valence-electron chi connectivity index (χ1n) is 6.89. The fourth-order valence-corrected chi connectivity index (χ4v) is 2.48. The summed E-state index contributed by atoms with van der Waals surface area (Å²) in [6.45, 7) is 1.11. The van der Waals surface area contributed by atoms with Crippen LogP contribution in [0.4, 0.5) is 11.4 Å². The number of nitrogens with one attached hydrogen (secondary N) is 1. The molecule has 0 saturated heterocycles. The van der Waals surface area contributed by atoms with Crippen LogP contribution in [0.5, 0.6) is 0 Å². The van der Waals surface area contributed by atoms with Crippen molar-refractivity contribution in [1.29, 1.82) is 0 Å². The van der Waals surface area contributed by atoms with Crippen LogP contribution < -0.4 is 5.32 Å². The number of thiophene rings is 1. The van der Waals surface area contributed by atoms with Crippen molar-refractivity contribution in [3.8, 4) is 0 Å². The van der Waals surface area contributed by atoms with Crippen LogP contribution in [0, 0.1) is 17.0 Å². The van der Waals surface area contributed by atoms with Gasteiger partial charge in [0.1, 0.15) is 5.69 Å². The quantitative estimate of drug-likeness (QED) is 0.375. The first kappa shape index (κ1) is 17.4. The normalized spacial score (nSPS) is 10.5. The number of nitro benzene ring substituents is 1. The number of benzene rings is 1. The lowest BCUT2D eigenvalue weighted by Gasteiger charge is -2.08. The number of hydrogen-bond donors (Lipinski definition) is 1. The van der Waals surface area contributed by atoms with Gasteiger partial charge in [-0.3, -0.25) is 14.9 Å². The van der Waals surface area contributed by atoms with Crippen molar-refractivity contribution in [1.82, 2.24) is 0 Å². The zero-order chi connectivity index (χ0) is 17.5.